The van der Waals surface area contributed by atoms with Crippen LogP contribution < -0.4 is 5.43 Å². The second kappa shape index (κ2) is 3.86. The summed E-state index contributed by atoms with van der Waals surface area (Å²) in [4.78, 5) is 12.3. The number of carbonyl (C=O) groups excluding carboxylic acids is 1. The van der Waals surface area contributed by atoms with Gasteiger partial charge in [-0.15, -0.1) is 0 Å². The second-order valence-electron chi connectivity index (χ2n) is 5.03. The van der Waals surface area contributed by atoms with Gasteiger partial charge in [-0.1, -0.05) is 43.9 Å². The van der Waals surface area contributed by atoms with E-state index in [4.69, 9.17) is 0 Å². The Morgan fingerprint density at radius 2 is 1.94 bits per heavy atom. The molecule has 0 atom stereocenters. The molecule has 1 aliphatic rings. The van der Waals surface area contributed by atoms with Crippen molar-refractivity contribution >= 4 is 19.2 Å². The molecular weight excluding hydrogens is 216 g/mol. The zero-order valence-corrected chi connectivity index (χ0v) is 10.9. The number of hydrogen-bond donors (Lipinski definition) is 1. The minimum absolute atomic E-state index is 0.0970. The highest BCUT2D eigenvalue weighted by atomic mass is 28.3. The van der Waals surface area contributed by atoms with Gasteiger partial charge < -0.3 is 5.43 Å². The van der Waals surface area contributed by atoms with Crippen molar-refractivity contribution in [2.24, 2.45) is 5.10 Å². The van der Waals surface area contributed by atoms with Gasteiger partial charge in [0.15, 0.2) is 0 Å². The first-order valence-corrected chi connectivity index (χ1v) is 8.94. The first-order chi connectivity index (χ1) is 7.50. The van der Waals surface area contributed by atoms with E-state index < -0.39 is 8.07 Å². The highest BCUT2D eigenvalue weighted by Crippen LogP contribution is 2.17. The Morgan fingerprint density at radius 3 is 2.62 bits per heavy atom. The second-order valence-corrected chi connectivity index (χ2v) is 10.0. The molecule has 16 heavy (non-hydrogen) atoms. The zero-order chi connectivity index (χ0) is 11.8. The Balaban J connectivity index is 2.50. The minimum Gasteiger partial charge on any atom is -0.306 e. The molecule has 0 saturated heterocycles. The molecule has 0 unspecified atom stereocenters. The average Bonchev–Trinajstić information content (AvgIpc) is 2.38. The highest BCUT2D eigenvalue weighted by Gasteiger charge is 2.31. The smallest absolute Gasteiger partial charge is 0.204 e. The van der Waals surface area contributed by atoms with E-state index in [-0.39, 0.29) is 5.78 Å². The maximum absolute atomic E-state index is 12.3. The van der Waals surface area contributed by atoms with E-state index in [0.717, 1.165) is 16.5 Å². The standard InChI is InChI=1S/C12H16N2OSi/c1-16(2,3)12-11(15)10-7-5-4-6-9(10)8-13-14-12/h4-7,13H,8H2,1-3H3. The van der Waals surface area contributed by atoms with Gasteiger partial charge in [0.2, 0.25) is 5.78 Å². The maximum atomic E-state index is 12.3. The van der Waals surface area contributed by atoms with Crippen molar-refractivity contribution in [3.8, 4) is 0 Å². The predicted molar refractivity (Wildman–Crippen MR) is 68.4 cm³/mol. The lowest BCUT2D eigenvalue weighted by Crippen LogP contribution is -2.40. The Hall–Kier alpha value is -1.42. The third kappa shape index (κ3) is 1.93. The van der Waals surface area contributed by atoms with Crippen LogP contribution in [0.2, 0.25) is 19.6 Å². The van der Waals surface area contributed by atoms with Crippen molar-refractivity contribution in [2.45, 2.75) is 26.2 Å². The van der Waals surface area contributed by atoms with Gasteiger partial charge in [-0.3, -0.25) is 4.79 Å². The van der Waals surface area contributed by atoms with Gasteiger partial charge >= 0.3 is 0 Å². The number of benzene rings is 1. The molecule has 3 nitrogen and oxygen atoms in total. The number of carbonyl (C=O) groups is 1. The molecule has 0 spiro atoms. The first kappa shape index (κ1) is 11.1. The monoisotopic (exact) mass is 232 g/mol. The Morgan fingerprint density at radius 1 is 1.25 bits per heavy atom. The fourth-order valence-electron chi connectivity index (χ4n) is 1.79. The number of hydrogen-bond acceptors (Lipinski definition) is 3. The molecule has 0 amide bonds. The van der Waals surface area contributed by atoms with Crippen molar-refractivity contribution < 1.29 is 4.79 Å². The summed E-state index contributed by atoms with van der Waals surface area (Å²) in [7, 11) is -1.68. The van der Waals surface area contributed by atoms with E-state index in [1.165, 1.54) is 0 Å². The zero-order valence-electron chi connectivity index (χ0n) is 9.87. The lowest BCUT2D eigenvalue weighted by Gasteiger charge is -2.16. The summed E-state index contributed by atoms with van der Waals surface area (Å²) < 4.78 is 0. The Labute approximate surface area is 96.6 Å². The highest BCUT2D eigenvalue weighted by molar-refractivity contribution is 7.13. The van der Waals surface area contributed by atoms with Gasteiger partial charge in [0.05, 0.1) is 11.9 Å². The molecule has 1 aromatic carbocycles. The molecule has 1 aromatic rings. The summed E-state index contributed by atoms with van der Waals surface area (Å²) in [5, 5.41) is 5.00. The van der Waals surface area contributed by atoms with Crippen LogP contribution in [0, 0.1) is 0 Å². The fraction of sp³-hybridized carbons (Fsp3) is 0.333. The number of hydrazone groups is 1. The first-order valence-electron chi connectivity index (χ1n) is 5.44. The summed E-state index contributed by atoms with van der Waals surface area (Å²) in [5.74, 6) is 0.0970. The summed E-state index contributed by atoms with van der Waals surface area (Å²) in [6, 6.07) is 7.72. The fourth-order valence-corrected chi connectivity index (χ4v) is 3.02. The Kier molecular flexibility index (Phi) is 2.67. The molecular formula is C12H16N2OSi. The van der Waals surface area contributed by atoms with E-state index in [9.17, 15) is 4.79 Å². The Bertz CT molecular complexity index is 460. The summed E-state index contributed by atoms with van der Waals surface area (Å²) in [5.41, 5.74) is 4.82. The number of rotatable bonds is 1. The number of Topliss-reactive ketones (excluding diaryl/α,β-unsaturated/α-hetero) is 1. The summed E-state index contributed by atoms with van der Waals surface area (Å²) in [6.07, 6.45) is 0. The molecule has 0 aromatic heterocycles. The molecule has 0 bridgehead atoms. The van der Waals surface area contributed by atoms with Gasteiger partial charge in [0.1, 0.15) is 8.07 Å². The van der Waals surface area contributed by atoms with Crippen LogP contribution >= 0.6 is 0 Å². The molecule has 0 aliphatic carbocycles. The van der Waals surface area contributed by atoms with E-state index >= 15 is 0 Å². The molecule has 0 radical (unpaired) electrons. The van der Waals surface area contributed by atoms with Crippen LogP contribution in [0.3, 0.4) is 0 Å². The van der Waals surface area contributed by atoms with Crippen LogP contribution in [-0.2, 0) is 6.54 Å². The van der Waals surface area contributed by atoms with E-state index in [2.05, 4.69) is 30.2 Å². The van der Waals surface area contributed by atoms with Gasteiger partial charge in [0.25, 0.3) is 0 Å². The topological polar surface area (TPSA) is 41.5 Å². The quantitative estimate of drug-likeness (QED) is 0.754. The molecule has 84 valence electrons. The third-order valence-electron chi connectivity index (χ3n) is 2.65. The molecule has 0 fully saturated rings. The van der Waals surface area contributed by atoms with E-state index in [1.54, 1.807) is 0 Å². The van der Waals surface area contributed by atoms with E-state index in [0.29, 0.717) is 6.54 Å². The van der Waals surface area contributed by atoms with Crippen molar-refractivity contribution in [2.75, 3.05) is 0 Å². The predicted octanol–water partition coefficient (Wildman–Crippen LogP) is 2.21. The van der Waals surface area contributed by atoms with Crippen molar-refractivity contribution in [3.05, 3.63) is 35.4 Å². The van der Waals surface area contributed by atoms with Gasteiger partial charge in [-0.2, -0.15) is 5.10 Å². The third-order valence-corrected chi connectivity index (χ3v) is 4.41. The van der Waals surface area contributed by atoms with Crippen molar-refractivity contribution in [1.82, 2.24) is 5.43 Å². The van der Waals surface area contributed by atoms with Crippen LogP contribution in [0.4, 0.5) is 0 Å². The lowest BCUT2D eigenvalue weighted by atomic mass is 10.0. The largest absolute Gasteiger partial charge is 0.306 e. The maximum Gasteiger partial charge on any atom is 0.204 e. The number of nitrogens with one attached hydrogen (secondary N) is 1. The lowest BCUT2D eigenvalue weighted by molar-refractivity contribution is 0.106. The van der Waals surface area contributed by atoms with E-state index in [1.807, 2.05) is 24.3 Å². The van der Waals surface area contributed by atoms with Crippen LogP contribution in [-0.4, -0.2) is 19.2 Å². The van der Waals surface area contributed by atoms with Gasteiger partial charge in [0, 0.05) is 5.56 Å². The number of fused-ring (bicyclic) bond motifs is 1. The SMILES string of the molecule is C[Si](C)(C)C1=NNCc2ccccc2C1=O. The van der Waals surface area contributed by atoms with Crippen LogP contribution in [0.5, 0.6) is 0 Å². The van der Waals surface area contributed by atoms with Crippen molar-refractivity contribution in [1.29, 1.82) is 0 Å². The minimum atomic E-state index is -1.68. The van der Waals surface area contributed by atoms with Gasteiger partial charge in [-0.25, -0.2) is 0 Å². The summed E-state index contributed by atoms with van der Waals surface area (Å²) in [6.45, 7) is 7.05. The molecule has 2 rings (SSSR count). The molecule has 1 heterocycles. The molecule has 4 heteroatoms. The van der Waals surface area contributed by atoms with Crippen LogP contribution in [0.25, 0.3) is 0 Å². The normalized spacial score (nSPS) is 15.9. The van der Waals surface area contributed by atoms with Crippen molar-refractivity contribution in [3.63, 3.8) is 0 Å². The summed E-state index contributed by atoms with van der Waals surface area (Å²) >= 11 is 0. The van der Waals surface area contributed by atoms with Crippen LogP contribution in [0.1, 0.15) is 15.9 Å². The van der Waals surface area contributed by atoms with Crippen LogP contribution in [0.15, 0.2) is 29.4 Å². The van der Waals surface area contributed by atoms with Gasteiger partial charge in [-0.05, 0) is 5.56 Å². The molecule has 0 saturated carbocycles. The number of nitrogens with zero attached hydrogens (tertiary/aromatic N) is 1. The molecule has 1 N–H and O–H groups in total. The molecule has 1 aliphatic heterocycles. The number of ketones is 1. The average molecular weight is 232 g/mol.